The number of hydrogen-bond donors (Lipinski definition) is 3. The van der Waals surface area contributed by atoms with Gasteiger partial charge in [0.05, 0.1) is 24.5 Å². The number of hydrogen-bond acceptors (Lipinski definition) is 7. The highest BCUT2D eigenvalue weighted by atomic mass is 19.3. The van der Waals surface area contributed by atoms with Crippen molar-refractivity contribution in [2.24, 2.45) is 0 Å². The van der Waals surface area contributed by atoms with E-state index in [9.17, 15) is 8.78 Å². The molecule has 0 aromatic carbocycles. The summed E-state index contributed by atoms with van der Waals surface area (Å²) in [4.78, 5) is 9.06. The zero-order chi connectivity index (χ0) is 20.0. The number of halogens is 2. The second-order valence-electron chi connectivity index (χ2n) is 6.93. The molecule has 1 fully saturated rings. The number of rotatable bonds is 4. The van der Waals surface area contributed by atoms with Crippen molar-refractivity contribution >= 4 is 22.9 Å². The van der Waals surface area contributed by atoms with E-state index < -0.39 is 12.0 Å². The van der Waals surface area contributed by atoms with Gasteiger partial charge in [0.15, 0.2) is 11.5 Å². The van der Waals surface area contributed by atoms with Crippen LogP contribution in [0.5, 0.6) is 0 Å². The Balaban J connectivity index is 1.55. The summed E-state index contributed by atoms with van der Waals surface area (Å²) in [7, 11) is 1.73. The second kappa shape index (κ2) is 6.62. The fraction of sp³-hybridized carbons (Fsp3) is 0.333. The van der Waals surface area contributed by atoms with Crippen LogP contribution in [-0.4, -0.2) is 61.3 Å². The Morgan fingerprint density at radius 3 is 2.86 bits per heavy atom. The number of alkyl halides is 2. The lowest BCUT2D eigenvalue weighted by atomic mass is 10.0. The summed E-state index contributed by atoms with van der Waals surface area (Å²) >= 11 is 0. The van der Waals surface area contributed by atoms with Gasteiger partial charge in [0.25, 0.3) is 5.92 Å². The minimum atomic E-state index is -2.87. The highest BCUT2D eigenvalue weighted by Gasteiger charge is 2.42. The largest absolute Gasteiger partial charge is 0.371 e. The molecule has 11 heteroatoms. The Morgan fingerprint density at radius 1 is 1.17 bits per heavy atom. The van der Waals surface area contributed by atoms with E-state index in [1.807, 2.05) is 24.4 Å². The van der Waals surface area contributed by atoms with Crippen LogP contribution < -0.4 is 16.0 Å². The van der Waals surface area contributed by atoms with Crippen molar-refractivity contribution in [1.29, 1.82) is 0 Å². The van der Waals surface area contributed by atoms with Gasteiger partial charge in [-0.2, -0.15) is 10.1 Å². The van der Waals surface area contributed by atoms with Crippen molar-refractivity contribution < 1.29 is 8.78 Å². The van der Waals surface area contributed by atoms with Crippen LogP contribution in [-0.2, 0) is 0 Å². The van der Waals surface area contributed by atoms with Gasteiger partial charge in [-0.25, -0.2) is 22.8 Å². The number of aromatic nitrogens is 6. The summed E-state index contributed by atoms with van der Waals surface area (Å²) in [6.45, 7) is 0.160. The van der Waals surface area contributed by atoms with Gasteiger partial charge in [-0.1, -0.05) is 0 Å². The molecule has 150 valence electrons. The molecule has 5 rings (SSSR count). The molecule has 0 spiro atoms. The minimum Gasteiger partial charge on any atom is -0.371 e. The third-order valence-electron chi connectivity index (χ3n) is 5.07. The third kappa shape index (κ3) is 3.03. The SMILES string of the molecule is CNc1nc(NC2CCNCC2(F)F)nn2ccc(-c3ccn4nccc4n3)c12. The van der Waals surface area contributed by atoms with Crippen LogP contribution in [0.25, 0.3) is 22.4 Å². The van der Waals surface area contributed by atoms with E-state index in [4.69, 9.17) is 0 Å². The van der Waals surface area contributed by atoms with E-state index >= 15 is 0 Å². The van der Waals surface area contributed by atoms with Crippen molar-refractivity contribution in [2.75, 3.05) is 30.8 Å². The Bertz CT molecular complexity index is 1180. The number of nitrogens with zero attached hydrogens (tertiary/aromatic N) is 6. The Hall–Kier alpha value is -3.34. The van der Waals surface area contributed by atoms with Gasteiger partial charge < -0.3 is 16.0 Å². The maximum Gasteiger partial charge on any atom is 0.280 e. The Kier molecular flexibility index (Phi) is 4.05. The lowest BCUT2D eigenvalue weighted by Crippen LogP contribution is -2.53. The van der Waals surface area contributed by atoms with Gasteiger partial charge in [0.2, 0.25) is 5.95 Å². The summed E-state index contributed by atoms with van der Waals surface area (Å²) < 4.78 is 31.6. The van der Waals surface area contributed by atoms with Crippen molar-refractivity contribution in [3.8, 4) is 11.3 Å². The summed E-state index contributed by atoms with van der Waals surface area (Å²) in [6.07, 6.45) is 5.56. The van der Waals surface area contributed by atoms with Crippen LogP contribution in [0.4, 0.5) is 20.5 Å². The van der Waals surface area contributed by atoms with Crippen LogP contribution >= 0.6 is 0 Å². The molecule has 29 heavy (non-hydrogen) atoms. The summed E-state index contributed by atoms with van der Waals surface area (Å²) in [5.41, 5.74) is 3.01. The lowest BCUT2D eigenvalue weighted by molar-refractivity contribution is -0.0324. The molecule has 4 aromatic heterocycles. The molecule has 1 aliphatic rings. The quantitative estimate of drug-likeness (QED) is 0.482. The van der Waals surface area contributed by atoms with E-state index in [0.29, 0.717) is 17.9 Å². The number of piperidine rings is 1. The Morgan fingerprint density at radius 2 is 2.03 bits per heavy atom. The predicted molar refractivity (Wildman–Crippen MR) is 104 cm³/mol. The van der Waals surface area contributed by atoms with Crippen LogP contribution in [0, 0.1) is 0 Å². The van der Waals surface area contributed by atoms with Crippen LogP contribution in [0.15, 0.2) is 36.8 Å². The molecule has 4 aromatic rings. The van der Waals surface area contributed by atoms with Crippen molar-refractivity contribution in [3.05, 3.63) is 36.8 Å². The molecular weight excluding hydrogens is 380 g/mol. The van der Waals surface area contributed by atoms with E-state index in [-0.39, 0.29) is 18.9 Å². The lowest BCUT2D eigenvalue weighted by Gasteiger charge is -2.32. The van der Waals surface area contributed by atoms with Crippen LogP contribution in [0.2, 0.25) is 0 Å². The predicted octanol–water partition coefficient (Wildman–Crippen LogP) is 1.89. The van der Waals surface area contributed by atoms with Crippen LogP contribution in [0.3, 0.4) is 0 Å². The Labute approximate surface area is 164 Å². The molecule has 0 amide bonds. The fourth-order valence-electron chi connectivity index (χ4n) is 3.60. The zero-order valence-corrected chi connectivity index (χ0v) is 15.6. The standard InChI is InChI=1S/C18H19F2N9/c1-21-16-15-11(12-5-9-28-14(24-12)3-7-23-28)4-8-29(15)27-17(26-16)25-13-2-6-22-10-18(13,19)20/h3-5,7-9,13,22H,2,6,10H2,1H3,(H2,21,25,26,27). The van der Waals surface area contributed by atoms with E-state index in [1.54, 1.807) is 28.5 Å². The second-order valence-corrected chi connectivity index (χ2v) is 6.93. The summed E-state index contributed by atoms with van der Waals surface area (Å²) in [5.74, 6) is -2.20. The van der Waals surface area contributed by atoms with E-state index in [2.05, 4.69) is 36.1 Å². The molecule has 1 saturated heterocycles. The monoisotopic (exact) mass is 399 g/mol. The molecule has 1 aliphatic heterocycles. The summed E-state index contributed by atoms with van der Waals surface area (Å²) in [6, 6.07) is 4.53. The first-order chi connectivity index (χ1) is 14.0. The molecule has 1 atom stereocenters. The first kappa shape index (κ1) is 17.7. The third-order valence-corrected chi connectivity index (χ3v) is 5.07. The topological polar surface area (TPSA) is 96.5 Å². The highest BCUT2D eigenvalue weighted by molar-refractivity contribution is 5.87. The van der Waals surface area contributed by atoms with Crippen molar-refractivity contribution in [3.63, 3.8) is 0 Å². The first-order valence-corrected chi connectivity index (χ1v) is 9.28. The molecule has 3 N–H and O–H groups in total. The number of nitrogens with one attached hydrogen (secondary N) is 3. The number of anilines is 2. The molecule has 0 bridgehead atoms. The number of fused-ring (bicyclic) bond motifs is 2. The van der Waals surface area contributed by atoms with Gasteiger partial charge in [0, 0.05) is 31.1 Å². The highest BCUT2D eigenvalue weighted by Crippen LogP contribution is 2.30. The minimum absolute atomic E-state index is 0.148. The molecule has 1 unspecified atom stereocenters. The van der Waals surface area contributed by atoms with Gasteiger partial charge >= 0.3 is 0 Å². The van der Waals surface area contributed by atoms with Crippen LogP contribution in [0.1, 0.15) is 6.42 Å². The molecule has 0 radical (unpaired) electrons. The van der Waals surface area contributed by atoms with E-state index in [0.717, 1.165) is 16.9 Å². The van der Waals surface area contributed by atoms with Gasteiger partial charge in [-0.15, -0.1) is 5.10 Å². The van der Waals surface area contributed by atoms with Gasteiger partial charge in [-0.3, -0.25) is 0 Å². The molecule has 9 nitrogen and oxygen atoms in total. The normalized spacial score (nSPS) is 18.9. The molecule has 0 saturated carbocycles. The first-order valence-electron chi connectivity index (χ1n) is 9.28. The van der Waals surface area contributed by atoms with Crippen molar-refractivity contribution in [1.82, 2.24) is 34.5 Å². The summed E-state index contributed by atoms with van der Waals surface area (Å²) in [5, 5.41) is 17.1. The van der Waals surface area contributed by atoms with Gasteiger partial charge in [0.1, 0.15) is 5.52 Å². The van der Waals surface area contributed by atoms with E-state index in [1.165, 1.54) is 0 Å². The maximum absolute atomic E-state index is 14.2. The fourth-order valence-corrected chi connectivity index (χ4v) is 3.60. The molecule has 0 aliphatic carbocycles. The zero-order valence-electron chi connectivity index (χ0n) is 15.6. The molecular formula is C18H19F2N9. The maximum atomic E-state index is 14.2. The van der Waals surface area contributed by atoms with Gasteiger partial charge in [-0.05, 0) is 25.1 Å². The average molecular weight is 399 g/mol. The van der Waals surface area contributed by atoms with Crippen molar-refractivity contribution in [2.45, 2.75) is 18.4 Å². The average Bonchev–Trinajstić information content (AvgIpc) is 3.35. The molecule has 5 heterocycles. The smallest absolute Gasteiger partial charge is 0.280 e.